The second-order valence-corrected chi connectivity index (χ2v) is 10.5. The van der Waals surface area contributed by atoms with Crippen LogP contribution < -0.4 is 24.4 Å². The molecule has 8 heteroatoms. The minimum atomic E-state index is -0.582. The van der Waals surface area contributed by atoms with Crippen LogP contribution in [0.25, 0.3) is 6.08 Å². The van der Waals surface area contributed by atoms with Crippen LogP contribution in [0.4, 0.5) is 5.69 Å². The Morgan fingerprint density at radius 3 is 1.82 bits per heavy atom. The van der Waals surface area contributed by atoms with E-state index in [1.807, 2.05) is 91.0 Å². The van der Waals surface area contributed by atoms with Crippen LogP contribution in [0, 0.1) is 0 Å². The molecule has 1 aliphatic rings. The van der Waals surface area contributed by atoms with E-state index in [2.05, 4.69) is 5.32 Å². The first-order valence-electron chi connectivity index (χ1n) is 14.3. The molecule has 1 aliphatic heterocycles. The fourth-order valence-electron chi connectivity index (χ4n) is 4.66. The minimum absolute atomic E-state index is 0.00424. The molecule has 6 rings (SSSR count). The summed E-state index contributed by atoms with van der Waals surface area (Å²) in [6, 6.07) is 41.2. The van der Waals surface area contributed by atoms with E-state index >= 15 is 0 Å². The van der Waals surface area contributed by atoms with Crippen molar-refractivity contribution in [3.63, 3.8) is 0 Å². The Hall–Kier alpha value is -5.73. The van der Waals surface area contributed by atoms with E-state index in [9.17, 15) is 9.59 Å². The summed E-state index contributed by atoms with van der Waals surface area (Å²) in [6.07, 6.45) is 1.52. The van der Waals surface area contributed by atoms with E-state index in [1.165, 1.54) is 11.0 Å². The SMILES string of the molecule is O=C1NC(=S)N(c2ccc(Oc3ccccc3)cc2)C(=O)/C1=C/c1ccc(OCc2ccccc2)c(OCc2ccccc2)c1. The van der Waals surface area contributed by atoms with Gasteiger partial charge in [-0.15, -0.1) is 0 Å². The molecule has 5 aromatic carbocycles. The molecule has 1 fully saturated rings. The van der Waals surface area contributed by atoms with E-state index < -0.39 is 11.8 Å². The zero-order valence-corrected chi connectivity index (χ0v) is 24.9. The van der Waals surface area contributed by atoms with Crippen LogP contribution in [0.15, 0.2) is 139 Å². The number of para-hydroxylation sites is 1. The highest BCUT2D eigenvalue weighted by molar-refractivity contribution is 7.80. The van der Waals surface area contributed by atoms with Crippen molar-refractivity contribution in [1.82, 2.24) is 5.32 Å². The number of nitrogens with zero attached hydrogens (tertiary/aromatic N) is 1. The van der Waals surface area contributed by atoms with Crippen molar-refractivity contribution in [2.24, 2.45) is 0 Å². The number of carbonyl (C=O) groups excluding carboxylic acids is 2. The lowest BCUT2D eigenvalue weighted by Crippen LogP contribution is -2.54. The first kappa shape index (κ1) is 29.3. The zero-order chi connectivity index (χ0) is 31.0. The topological polar surface area (TPSA) is 77.1 Å². The Balaban J connectivity index is 1.25. The highest BCUT2D eigenvalue weighted by Gasteiger charge is 2.34. The predicted octanol–water partition coefficient (Wildman–Crippen LogP) is 7.47. The second-order valence-electron chi connectivity index (χ2n) is 10.1. The van der Waals surface area contributed by atoms with Crippen molar-refractivity contribution < 1.29 is 23.8 Å². The molecule has 0 saturated carbocycles. The summed E-state index contributed by atoms with van der Waals surface area (Å²) < 4.78 is 18.1. The maximum absolute atomic E-state index is 13.7. The second kappa shape index (κ2) is 13.7. The molecule has 5 aromatic rings. The molecule has 0 spiro atoms. The summed E-state index contributed by atoms with van der Waals surface area (Å²) in [5.74, 6) is 1.18. The molecule has 0 bridgehead atoms. The van der Waals surface area contributed by atoms with Gasteiger partial charge in [0.25, 0.3) is 11.8 Å². The lowest BCUT2D eigenvalue weighted by Gasteiger charge is -2.29. The molecule has 0 unspecified atom stereocenters. The minimum Gasteiger partial charge on any atom is -0.485 e. The van der Waals surface area contributed by atoms with Gasteiger partial charge in [0.05, 0.1) is 5.69 Å². The Bertz CT molecular complexity index is 1840. The van der Waals surface area contributed by atoms with Gasteiger partial charge in [0.1, 0.15) is 30.3 Å². The third kappa shape index (κ3) is 7.26. The molecule has 0 radical (unpaired) electrons. The number of amides is 2. The molecule has 0 aromatic heterocycles. The first-order chi connectivity index (χ1) is 22.0. The fraction of sp³-hybridized carbons (Fsp3) is 0.0541. The summed E-state index contributed by atoms with van der Waals surface area (Å²) in [7, 11) is 0. The number of ether oxygens (including phenoxy) is 3. The number of carbonyl (C=O) groups is 2. The number of thiocarbonyl (C=S) groups is 1. The van der Waals surface area contributed by atoms with Crippen LogP contribution in [-0.4, -0.2) is 16.9 Å². The maximum Gasteiger partial charge on any atom is 0.270 e. The van der Waals surface area contributed by atoms with Crippen molar-refractivity contribution in [1.29, 1.82) is 0 Å². The summed E-state index contributed by atoms with van der Waals surface area (Å²) >= 11 is 5.38. The Morgan fingerprint density at radius 2 is 1.20 bits per heavy atom. The van der Waals surface area contributed by atoms with Crippen LogP contribution in [0.2, 0.25) is 0 Å². The largest absolute Gasteiger partial charge is 0.485 e. The molecule has 45 heavy (non-hydrogen) atoms. The molecular weight excluding hydrogens is 584 g/mol. The van der Waals surface area contributed by atoms with Crippen LogP contribution in [0.5, 0.6) is 23.0 Å². The third-order valence-electron chi connectivity index (χ3n) is 6.93. The molecular formula is C37H28N2O5S. The predicted molar refractivity (Wildman–Crippen MR) is 177 cm³/mol. The van der Waals surface area contributed by atoms with Crippen molar-refractivity contribution in [2.45, 2.75) is 13.2 Å². The number of hydrogen-bond donors (Lipinski definition) is 1. The number of benzene rings is 5. The smallest absolute Gasteiger partial charge is 0.270 e. The van der Waals surface area contributed by atoms with Crippen LogP contribution in [0.3, 0.4) is 0 Å². The average molecular weight is 613 g/mol. The summed E-state index contributed by atoms with van der Waals surface area (Å²) in [5.41, 5.74) is 3.01. The average Bonchev–Trinajstić information content (AvgIpc) is 3.07. The lowest BCUT2D eigenvalue weighted by atomic mass is 10.1. The quantitative estimate of drug-likeness (QED) is 0.100. The van der Waals surface area contributed by atoms with E-state index in [-0.39, 0.29) is 10.7 Å². The molecule has 1 saturated heterocycles. The summed E-state index contributed by atoms with van der Waals surface area (Å²) in [6.45, 7) is 0.666. The van der Waals surface area contributed by atoms with Gasteiger partial charge in [-0.1, -0.05) is 84.9 Å². The normalized spacial score (nSPS) is 13.8. The van der Waals surface area contributed by atoms with Gasteiger partial charge in [0, 0.05) is 0 Å². The van der Waals surface area contributed by atoms with Crippen molar-refractivity contribution >= 4 is 40.9 Å². The third-order valence-corrected chi connectivity index (χ3v) is 7.21. The molecule has 2 amide bonds. The van der Waals surface area contributed by atoms with Gasteiger partial charge in [-0.3, -0.25) is 19.8 Å². The summed E-state index contributed by atoms with van der Waals surface area (Å²) in [5, 5.41) is 2.63. The number of anilines is 1. The monoisotopic (exact) mass is 612 g/mol. The number of nitrogens with one attached hydrogen (secondary N) is 1. The highest BCUT2D eigenvalue weighted by Crippen LogP contribution is 2.32. The Kier molecular flexibility index (Phi) is 8.94. The van der Waals surface area contributed by atoms with Crippen LogP contribution in [-0.2, 0) is 22.8 Å². The van der Waals surface area contributed by atoms with E-state index in [1.54, 1.807) is 42.5 Å². The zero-order valence-electron chi connectivity index (χ0n) is 24.1. The molecule has 222 valence electrons. The van der Waals surface area contributed by atoms with E-state index in [0.29, 0.717) is 47.5 Å². The van der Waals surface area contributed by atoms with Gasteiger partial charge < -0.3 is 14.2 Å². The van der Waals surface area contributed by atoms with Crippen LogP contribution in [0.1, 0.15) is 16.7 Å². The van der Waals surface area contributed by atoms with Gasteiger partial charge in [0.15, 0.2) is 16.6 Å². The molecule has 1 N–H and O–H groups in total. The highest BCUT2D eigenvalue weighted by atomic mass is 32.1. The molecule has 7 nitrogen and oxygen atoms in total. The van der Waals surface area contributed by atoms with Crippen LogP contribution >= 0.6 is 12.2 Å². The molecule has 0 atom stereocenters. The number of rotatable bonds is 10. The fourth-order valence-corrected chi connectivity index (χ4v) is 4.94. The molecule has 1 heterocycles. The van der Waals surface area contributed by atoms with E-state index in [4.69, 9.17) is 26.4 Å². The lowest BCUT2D eigenvalue weighted by molar-refractivity contribution is -0.122. The Morgan fingerprint density at radius 1 is 0.644 bits per heavy atom. The van der Waals surface area contributed by atoms with Gasteiger partial charge in [-0.25, -0.2) is 0 Å². The summed E-state index contributed by atoms with van der Waals surface area (Å²) in [4.78, 5) is 27.9. The van der Waals surface area contributed by atoms with Gasteiger partial charge in [-0.2, -0.15) is 0 Å². The van der Waals surface area contributed by atoms with E-state index in [0.717, 1.165) is 11.1 Å². The first-order valence-corrected chi connectivity index (χ1v) is 14.7. The van der Waals surface area contributed by atoms with Crippen molar-refractivity contribution in [2.75, 3.05) is 4.90 Å². The Labute approximate surface area is 266 Å². The van der Waals surface area contributed by atoms with Gasteiger partial charge in [-0.05, 0) is 83.5 Å². The van der Waals surface area contributed by atoms with Gasteiger partial charge in [0.2, 0.25) is 0 Å². The standard InChI is InChI=1S/C37H28N2O5S/c40-35-32(36(41)39(37(45)38-35)29-17-19-31(20-18-29)44-30-14-8-3-9-15-30)22-28-16-21-33(42-24-26-10-4-1-5-11-26)34(23-28)43-25-27-12-6-2-7-13-27/h1-23H,24-25H2,(H,38,40,45)/b32-22+. The molecule has 0 aliphatic carbocycles. The van der Waals surface area contributed by atoms with Crippen molar-refractivity contribution in [3.05, 3.63) is 156 Å². The maximum atomic E-state index is 13.7. The van der Waals surface area contributed by atoms with Crippen molar-refractivity contribution in [3.8, 4) is 23.0 Å². The van der Waals surface area contributed by atoms with Gasteiger partial charge >= 0.3 is 0 Å². The number of hydrogen-bond acceptors (Lipinski definition) is 6.